The molecule has 8 heavy (non-hydrogen) atoms. The minimum absolute atomic E-state index is 1.09. The van der Waals surface area contributed by atoms with Crippen molar-refractivity contribution in [3.05, 3.63) is 0 Å². The molecule has 0 saturated heterocycles. The van der Waals surface area contributed by atoms with Crippen LogP contribution in [0.1, 0.15) is 13.8 Å². The third-order valence-electron chi connectivity index (χ3n) is 0.500. The molecule has 0 bridgehead atoms. The second-order valence-electron chi connectivity index (χ2n) is 1.06. The van der Waals surface area contributed by atoms with E-state index in [2.05, 4.69) is 31.8 Å². The Morgan fingerprint density at radius 1 is 1.50 bits per heavy atom. The van der Waals surface area contributed by atoms with E-state index in [-0.39, 0.29) is 0 Å². The van der Waals surface area contributed by atoms with E-state index >= 15 is 0 Å². The number of nitriles is 1. The van der Waals surface area contributed by atoms with Crippen LogP contribution < -0.4 is 5.32 Å². The van der Waals surface area contributed by atoms with Crippen molar-refractivity contribution in [2.75, 3.05) is 13.1 Å². The highest BCUT2D eigenvalue weighted by molar-refractivity contribution is 7.85. The first-order valence-corrected chi connectivity index (χ1v) is 3.02. The number of thiol groups is 1. The monoisotopic (exact) mass is 132 g/mol. The van der Waals surface area contributed by atoms with Gasteiger partial charge in [-0.25, -0.2) is 0 Å². The van der Waals surface area contributed by atoms with Crippen molar-refractivity contribution in [3.63, 3.8) is 0 Å². The molecule has 1 N–H and O–H groups in total. The lowest BCUT2D eigenvalue weighted by Crippen LogP contribution is -2.09. The second kappa shape index (κ2) is 15.8. The van der Waals surface area contributed by atoms with Crippen LogP contribution in [0.5, 0.6) is 0 Å². The summed E-state index contributed by atoms with van der Waals surface area (Å²) in [5, 5.41) is 11.7. The number of hydrogen-bond acceptors (Lipinski definition) is 3. The average molecular weight is 132 g/mol. The lowest BCUT2D eigenvalue weighted by Gasteiger charge is -1.86. The summed E-state index contributed by atoms with van der Waals surface area (Å²) >= 11 is 3.09. The average Bonchev–Trinajstić information content (AvgIpc) is 1.71. The highest BCUT2D eigenvalue weighted by Gasteiger charge is 1.62. The Labute approximate surface area is 56.3 Å². The first kappa shape index (κ1) is 10.7. The number of hydrogen-bond donors (Lipinski definition) is 2. The first-order chi connectivity index (χ1) is 3.83. The van der Waals surface area contributed by atoms with Crippen LogP contribution in [0, 0.1) is 10.7 Å². The van der Waals surface area contributed by atoms with Gasteiger partial charge in [0.05, 0.1) is 0 Å². The molecule has 0 aliphatic rings. The Morgan fingerprint density at radius 3 is 1.75 bits per heavy atom. The van der Waals surface area contributed by atoms with Gasteiger partial charge in [-0.05, 0) is 13.1 Å². The maximum absolute atomic E-state index is 7.18. The van der Waals surface area contributed by atoms with Gasteiger partial charge in [-0.15, -0.1) is 0 Å². The van der Waals surface area contributed by atoms with Crippen molar-refractivity contribution in [2.24, 2.45) is 0 Å². The van der Waals surface area contributed by atoms with Crippen LogP contribution >= 0.6 is 12.6 Å². The zero-order valence-corrected chi connectivity index (χ0v) is 6.20. The van der Waals surface area contributed by atoms with Gasteiger partial charge in [0.25, 0.3) is 0 Å². The van der Waals surface area contributed by atoms with Gasteiger partial charge in [0.1, 0.15) is 5.40 Å². The number of rotatable bonds is 2. The molecule has 0 aliphatic carbocycles. The van der Waals surface area contributed by atoms with Gasteiger partial charge in [0.2, 0.25) is 0 Å². The van der Waals surface area contributed by atoms with E-state index in [4.69, 9.17) is 5.26 Å². The Bertz CT molecular complexity index is 55.9. The molecule has 0 atom stereocenters. The van der Waals surface area contributed by atoms with Crippen LogP contribution in [-0.4, -0.2) is 13.1 Å². The molecule has 0 aromatic carbocycles. The van der Waals surface area contributed by atoms with Crippen molar-refractivity contribution in [3.8, 4) is 5.40 Å². The molecule has 0 aromatic rings. The molecule has 48 valence electrons. The predicted molar refractivity (Wildman–Crippen MR) is 38.8 cm³/mol. The molecule has 0 saturated carbocycles. The Hall–Kier alpha value is -0.200. The van der Waals surface area contributed by atoms with Gasteiger partial charge in [0, 0.05) is 0 Å². The molecule has 0 aliphatic heterocycles. The van der Waals surface area contributed by atoms with Gasteiger partial charge in [0.15, 0.2) is 0 Å². The highest BCUT2D eigenvalue weighted by atomic mass is 32.1. The molecule has 2 nitrogen and oxygen atoms in total. The molecule has 0 radical (unpaired) electrons. The molecular weight excluding hydrogens is 120 g/mol. The standard InChI is InChI=1S/C4H11N.CHNS/c1-3-5-4-2;2-1-3/h5H,3-4H2,1-2H3;3H. The normalized spacial score (nSPS) is 6.25. The molecule has 0 amide bonds. The molecule has 0 rings (SSSR count). The smallest absolute Gasteiger partial charge is 0.130 e. The molecule has 0 spiro atoms. The topological polar surface area (TPSA) is 35.8 Å². The van der Waals surface area contributed by atoms with E-state index in [0.717, 1.165) is 13.1 Å². The van der Waals surface area contributed by atoms with Crippen LogP contribution in [0.15, 0.2) is 0 Å². The third-order valence-corrected chi connectivity index (χ3v) is 0.500. The molecule has 3 heteroatoms. The minimum atomic E-state index is 1.09. The first-order valence-electron chi connectivity index (χ1n) is 2.57. The molecule has 0 fully saturated rings. The summed E-state index contributed by atoms with van der Waals surface area (Å²) < 4.78 is 0. The van der Waals surface area contributed by atoms with E-state index in [9.17, 15) is 0 Å². The number of nitrogens with zero attached hydrogens (tertiary/aromatic N) is 1. The van der Waals surface area contributed by atoms with E-state index in [0.29, 0.717) is 0 Å². The van der Waals surface area contributed by atoms with Gasteiger partial charge < -0.3 is 5.32 Å². The van der Waals surface area contributed by atoms with Crippen LogP contribution in [0.3, 0.4) is 0 Å². The fraction of sp³-hybridized carbons (Fsp3) is 0.800. The Kier molecular flexibility index (Phi) is 21.2. The van der Waals surface area contributed by atoms with Crippen molar-refractivity contribution < 1.29 is 0 Å². The van der Waals surface area contributed by atoms with Crippen LogP contribution in [0.25, 0.3) is 0 Å². The third kappa shape index (κ3) is 41.2. The summed E-state index contributed by atoms with van der Waals surface area (Å²) in [7, 11) is 0. The summed E-state index contributed by atoms with van der Waals surface area (Å²) in [6.07, 6.45) is 0. The fourth-order valence-electron chi connectivity index (χ4n) is 0.250. The summed E-state index contributed by atoms with van der Waals surface area (Å²) in [5.74, 6) is 0. The second-order valence-corrected chi connectivity index (χ2v) is 1.26. The molecule has 0 heterocycles. The number of nitrogens with one attached hydrogen (secondary N) is 1. The van der Waals surface area contributed by atoms with Gasteiger partial charge in [-0.2, -0.15) is 5.26 Å². The SMILES string of the molecule is CCNCC.N#CS. The lowest BCUT2D eigenvalue weighted by atomic mass is 10.7. The molecule has 0 unspecified atom stereocenters. The summed E-state index contributed by atoms with van der Waals surface area (Å²) in [6, 6.07) is 0. The van der Waals surface area contributed by atoms with Crippen LogP contribution in [0.2, 0.25) is 0 Å². The van der Waals surface area contributed by atoms with Crippen molar-refractivity contribution in [2.45, 2.75) is 13.8 Å². The van der Waals surface area contributed by atoms with Crippen LogP contribution in [-0.2, 0) is 0 Å². The van der Waals surface area contributed by atoms with Crippen molar-refractivity contribution in [1.29, 1.82) is 5.26 Å². The van der Waals surface area contributed by atoms with Gasteiger partial charge >= 0.3 is 0 Å². The number of thiocyanates is 1. The van der Waals surface area contributed by atoms with Gasteiger partial charge in [-0.3, -0.25) is 0 Å². The quantitative estimate of drug-likeness (QED) is 0.434. The minimum Gasteiger partial charge on any atom is -0.317 e. The maximum Gasteiger partial charge on any atom is 0.130 e. The van der Waals surface area contributed by atoms with Crippen LogP contribution in [0.4, 0.5) is 0 Å². The van der Waals surface area contributed by atoms with Crippen molar-refractivity contribution >= 4 is 12.6 Å². The Balaban J connectivity index is 0. The maximum atomic E-state index is 7.18. The Morgan fingerprint density at radius 2 is 1.75 bits per heavy atom. The van der Waals surface area contributed by atoms with Crippen molar-refractivity contribution in [1.82, 2.24) is 5.32 Å². The largest absolute Gasteiger partial charge is 0.317 e. The van der Waals surface area contributed by atoms with E-state index < -0.39 is 0 Å². The summed E-state index contributed by atoms with van der Waals surface area (Å²) in [6.45, 7) is 6.39. The summed E-state index contributed by atoms with van der Waals surface area (Å²) in [4.78, 5) is 0. The zero-order valence-electron chi connectivity index (χ0n) is 5.31. The molecular formula is C5H12N2S. The molecule has 0 aromatic heterocycles. The predicted octanol–water partition coefficient (Wildman–Crippen LogP) is 1.01. The zero-order chi connectivity index (χ0) is 6.83. The lowest BCUT2D eigenvalue weighted by molar-refractivity contribution is 0.762. The fourth-order valence-corrected chi connectivity index (χ4v) is 0.250. The van der Waals surface area contributed by atoms with E-state index in [1.807, 2.05) is 0 Å². The highest BCUT2D eigenvalue weighted by Crippen LogP contribution is 1.47. The van der Waals surface area contributed by atoms with E-state index in [1.165, 1.54) is 5.40 Å². The van der Waals surface area contributed by atoms with Gasteiger partial charge in [-0.1, -0.05) is 26.5 Å². The summed E-state index contributed by atoms with van der Waals surface area (Å²) in [5.41, 5.74) is 0. The van der Waals surface area contributed by atoms with E-state index in [1.54, 1.807) is 0 Å².